The lowest BCUT2D eigenvalue weighted by atomic mass is 10.1. The minimum absolute atomic E-state index is 0.0659. The van der Waals surface area contributed by atoms with Gasteiger partial charge in [0.05, 0.1) is 19.1 Å². The molecule has 1 atom stereocenters. The molecule has 196 valence electrons. The molecule has 0 radical (unpaired) electrons. The third-order valence-corrected chi connectivity index (χ3v) is 7.02. The van der Waals surface area contributed by atoms with E-state index in [4.69, 9.17) is 14.2 Å². The first-order valence-electron chi connectivity index (χ1n) is 11.7. The highest BCUT2D eigenvalue weighted by molar-refractivity contribution is 7.92. The van der Waals surface area contributed by atoms with E-state index >= 15 is 0 Å². The Labute approximate surface area is 212 Å². The zero-order valence-electron chi connectivity index (χ0n) is 21.0. The molecule has 0 aromatic heterocycles. The van der Waals surface area contributed by atoms with Gasteiger partial charge in [-0.25, -0.2) is 8.42 Å². The number of carbonyl (C=O) groups excluding carboxylic acids is 2. The summed E-state index contributed by atoms with van der Waals surface area (Å²) in [5.74, 6) is 1.22. The van der Waals surface area contributed by atoms with E-state index in [0.717, 1.165) is 11.8 Å². The highest BCUT2D eigenvalue weighted by Gasteiger charge is 2.27. The smallest absolute Gasteiger partial charge is 0.242 e. The van der Waals surface area contributed by atoms with Crippen molar-refractivity contribution < 1.29 is 32.2 Å². The average molecular weight is 520 g/mol. The number of sulfonamides is 1. The first-order valence-corrected chi connectivity index (χ1v) is 13.6. The van der Waals surface area contributed by atoms with Gasteiger partial charge in [0.15, 0.2) is 11.5 Å². The maximum Gasteiger partial charge on any atom is 0.242 e. The molecule has 2 aromatic carbocycles. The van der Waals surface area contributed by atoms with Crippen LogP contribution in [-0.4, -0.2) is 64.4 Å². The molecule has 1 aliphatic heterocycles. The van der Waals surface area contributed by atoms with E-state index in [-0.39, 0.29) is 44.5 Å². The van der Waals surface area contributed by atoms with Crippen LogP contribution in [0.1, 0.15) is 32.3 Å². The molecule has 10 nitrogen and oxygen atoms in total. The maximum atomic E-state index is 13.3. The van der Waals surface area contributed by atoms with Gasteiger partial charge < -0.3 is 24.4 Å². The van der Waals surface area contributed by atoms with E-state index in [9.17, 15) is 18.0 Å². The number of methoxy groups -OCH3 is 1. The second kappa shape index (κ2) is 12.0. The second-order valence-electron chi connectivity index (χ2n) is 8.42. The fraction of sp³-hybridized carbons (Fsp3) is 0.440. The summed E-state index contributed by atoms with van der Waals surface area (Å²) in [6.45, 7) is 4.36. The van der Waals surface area contributed by atoms with Gasteiger partial charge in [-0.2, -0.15) is 0 Å². The number of carbonyl (C=O) groups is 2. The SMILES string of the molecule is CCNC(=O)[C@@H](C)N(Cc1ccc(OC)cc1)C(=O)CCCN(c1ccc2c(c1)OCO2)S(C)(=O)=O. The van der Waals surface area contributed by atoms with Gasteiger partial charge in [-0.1, -0.05) is 12.1 Å². The van der Waals surface area contributed by atoms with Crippen molar-refractivity contribution in [2.75, 3.05) is 37.6 Å². The number of rotatable bonds is 12. The van der Waals surface area contributed by atoms with Crippen molar-refractivity contribution >= 4 is 27.5 Å². The largest absolute Gasteiger partial charge is 0.497 e. The fourth-order valence-corrected chi connectivity index (χ4v) is 4.83. The molecule has 0 aliphatic carbocycles. The summed E-state index contributed by atoms with van der Waals surface area (Å²) < 4.78 is 42.1. The summed E-state index contributed by atoms with van der Waals surface area (Å²) in [6, 6.07) is 11.5. The number of nitrogens with one attached hydrogen (secondary N) is 1. The van der Waals surface area contributed by atoms with Gasteiger partial charge >= 0.3 is 0 Å². The highest BCUT2D eigenvalue weighted by Crippen LogP contribution is 2.36. The molecule has 2 aromatic rings. The summed E-state index contributed by atoms with van der Waals surface area (Å²) in [7, 11) is -2.04. The van der Waals surface area contributed by atoms with Gasteiger partial charge in [-0.05, 0) is 50.1 Å². The number of hydrogen-bond acceptors (Lipinski definition) is 7. The van der Waals surface area contributed by atoms with Crippen LogP contribution >= 0.6 is 0 Å². The molecule has 1 aliphatic rings. The third kappa shape index (κ3) is 6.81. The molecular weight excluding hydrogens is 486 g/mol. The van der Waals surface area contributed by atoms with Gasteiger partial charge in [0.25, 0.3) is 0 Å². The summed E-state index contributed by atoms with van der Waals surface area (Å²) in [5, 5.41) is 2.76. The highest BCUT2D eigenvalue weighted by atomic mass is 32.2. The van der Waals surface area contributed by atoms with Crippen molar-refractivity contribution in [3.8, 4) is 17.2 Å². The van der Waals surface area contributed by atoms with Crippen molar-refractivity contribution in [1.82, 2.24) is 10.2 Å². The van der Waals surface area contributed by atoms with Crippen LogP contribution in [-0.2, 0) is 26.2 Å². The first kappa shape index (κ1) is 27.1. The Morgan fingerprint density at radius 2 is 1.81 bits per heavy atom. The van der Waals surface area contributed by atoms with E-state index in [1.807, 2.05) is 19.1 Å². The van der Waals surface area contributed by atoms with Crippen LogP contribution in [0.15, 0.2) is 42.5 Å². The minimum atomic E-state index is -3.61. The van der Waals surface area contributed by atoms with E-state index in [1.54, 1.807) is 44.4 Å². The number of benzene rings is 2. The fourth-order valence-electron chi connectivity index (χ4n) is 3.88. The van der Waals surface area contributed by atoms with Crippen LogP contribution in [0.2, 0.25) is 0 Å². The molecule has 1 N–H and O–H groups in total. The predicted molar refractivity (Wildman–Crippen MR) is 136 cm³/mol. The Morgan fingerprint density at radius 3 is 2.44 bits per heavy atom. The lowest BCUT2D eigenvalue weighted by Gasteiger charge is -2.29. The normalized spacial score (nSPS) is 13.1. The lowest BCUT2D eigenvalue weighted by Crippen LogP contribution is -2.47. The van der Waals surface area contributed by atoms with Gasteiger partial charge in [0, 0.05) is 32.1 Å². The number of ether oxygens (including phenoxy) is 3. The second-order valence-corrected chi connectivity index (χ2v) is 10.3. The molecule has 1 heterocycles. The van der Waals surface area contributed by atoms with Crippen LogP contribution in [0.25, 0.3) is 0 Å². The number of likely N-dealkylation sites (N-methyl/N-ethyl adjacent to an activating group) is 1. The monoisotopic (exact) mass is 519 g/mol. The molecule has 0 fully saturated rings. The quantitative estimate of drug-likeness (QED) is 0.458. The number of anilines is 1. The molecule has 0 unspecified atom stereocenters. The van der Waals surface area contributed by atoms with E-state index < -0.39 is 16.1 Å². The maximum absolute atomic E-state index is 13.3. The van der Waals surface area contributed by atoms with Crippen molar-refractivity contribution in [1.29, 1.82) is 0 Å². The molecular formula is C25H33N3O7S. The van der Waals surface area contributed by atoms with Crippen molar-refractivity contribution in [3.63, 3.8) is 0 Å². The van der Waals surface area contributed by atoms with Crippen molar-refractivity contribution in [2.24, 2.45) is 0 Å². The van der Waals surface area contributed by atoms with Crippen molar-refractivity contribution in [2.45, 2.75) is 39.3 Å². The zero-order valence-corrected chi connectivity index (χ0v) is 21.8. The van der Waals surface area contributed by atoms with Gasteiger partial charge in [-0.15, -0.1) is 0 Å². The van der Waals surface area contributed by atoms with E-state index in [1.165, 1.54) is 9.21 Å². The molecule has 0 spiro atoms. The Bertz CT molecular complexity index is 1170. The van der Waals surface area contributed by atoms with Crippen LogP contribution < -0.4 is 23.8 Å². The Kier molecular flexibility index (Phi) is 9.03. The molecule has 11 heteroatoms. The average Bonchev–Trinajstić information content (AvgIpc) is 3.32. The van der Waals surface area contributed by atoms with Gasteiger partial charge in [0.2, 0.25) is 28.6 Å². The van der Waals surface area contributed by atoms with Crippen LogP contribution in [0.4, 0.5) is 5.69 Å². The molecule has 0 saturated carbocycles. The van der Waals surface area contributed by atoms with Crippen LogP contribution in [0, 0.1) is 0 Å². The van der Waals surface area contributed by atoms with Gasteiger partial charge in [0.1, 0.15) is 11.8 Å². The molecule has 36 heavy (non-hydrogen) atoms. The standard InChI is InChI=1S/C25H33N3O7S/c1-5-26-25(30)18(2)27(16-19-8-11-21(33-3)12-9-19)24(29)7-6-14-28(36(4,31)32)20-10-13-22-23(15-20)35-17-34-22/h8-13,15,18H,5-7,14,16-17H2,1-4H3,(H,26,30)/t18-/m1/s1. The van der Waals surface area contributed by atoms with E-state index in [0.29, 0.717) is 29.5 Å². The lowest BCUT2D eigenvalue weighted by molar-refractivity contribution is -0.140. The Balaban J connectivity index is 1.72. The number of fused-ring (bicyclic) bond motifs is 1. The minimum Gasteiger partial charge on any atom is -0.497 e. The number of amides is 2. The Morgan fingerprint density at radius 1 is 1.11 bits per heavy atom. The first-order chi connectivity index (χ1) is 17.1. The zero-order chi connectivity index (χ0) is 26.3. The molecule has 2 amide bonds. The summed E-state index contributed by atoms with van der Waals surface area (Å²) in [4.78, 5) is 27.3. The number of nitrogens with zero attached hydrogens (tertiary/aromatic N) is 2. The topological polar surface area (TPSA) is 114 Å². The predicted octanol–water partition coefficient (Wildman–Crippen LogP) is 2.52. The molecule has 0 bridgehead atoms. The molecule has 3 rings (SSSR count). The Hall–Kier alpha value is -3.47. The number of hydrogen-bond donors (Lipinski definition) is 1. The van der Waals surface area contributed by atoms with Crippen LogP contribution in [0.3, 0.4) is 0 Å². The summed E-state index contributed by atoms with van der Waals surface area (Å²) in [5.41, 5.74) is 1.28. The summed E-state index contributed by atoms with van der Waals surface area (Å²) in [6.07, 6.45) is 1.45. The van der Waals surface area contributed by atoms with E-state index in [2.05, 4.69) is 5.32 Å². The van der Waals surface area contributed by atoms with Crippen LogP contribution in [0.5, 0.6) is 17.2 Å². The molecule has 0 saturated heterocycles. The van der Waals surface area contributed by atoms with Gasteiger partial charge in [-0.3, -0.25) is 13.9 Å². The summed E-state index contributed by atoms with van der Waals surface area (Å²) >= 11 is 0. The third-order valence-electron chi connectivity index (χ3n) is 5.83. The van der Waals surface area contributed by atoms with Crippen molar-refractivity contribution in [3.05, 3.63) is 48.0 Å².